The van der Waals surface area contributed by atoms with E-state index in [9.17, 15) is 9.90 Å². The van der Waals surface area contributed by atoms with Gasteiger partial charge in [0.15, 0.2) is 0 Å². The fourth-order valence-corrected chi connectivity index (χ4v) is 3.84. The third kappa shape index (κ3) is 3.88. The number of rotatable bonds is 5. The van der Waals surface area contributed by atoms with Gasteiger partial charge >= 0.3 is 0 Å². The zero-order chi connectivity index (χ0) is 22.6. The smallest absolute Gasteiger partial charge is 0.265 e. The summed E-state index contributed by atoms with van der Waals surface area (Å²) < 4.78 is 1.32. The Morgan fingerprint density at radius 2 is 1.15 bits per heavy atom. The highest BCUT2D eigenvalue weighted by Crippen LogP contribution is 2.28. The van der Waals surface area contributed by atoms with Crippen LogP contribution in [0.15, 0.2) is 125 Å². The molecule has 0 fully saturated rings. The van der Waals surface area contributed by atoms with E-state index >= 15 is 0 Å². The van der Waals surface area contributed by atoms with Crippen LogP contribution in [0, 0.1) is 0 Å². The summed E-state index contributed by atoms with van der Waals surface area (Å²) in [6.07, 6.45) is 1.61. The highest BCUT2D eigenvalue weighted by Gasteiger charge is 2.17. The van der Waals surface area contributed by atoms with Crippen LogP contribution >= 0.6 is 0 Å². The lowest BCUT2D eigenvalue weighted by Gasteiger charge is -2.20. The molecule has 5 nitrogen and oxygen atoms in total. The molecular formula is C28H21N3O2. The number of anilines is 2. The van der Waals surface area contributed by atoms with Crippen LogP contribution < -0.4 is 10.6 Å². The fourth-order valence-electron chi connectivity index (χ4n) is 3.84. The van der Waals surface area contributed by atoms with Crippen molar-refractivity contribution in [2.24, 2.45) is 5.10 Å². The minimum atomic E-state index is -0.283. The first-order valence-corrected chi connectivity index (χ1v) is 10.6. The maximum absolute atomic E-state index is 13.2. The first-order valence-electron chi connectivity index (χ1n) is 10.6. The normalized spacial score (nSPS) is 11.2. The topological polar surface area (TPSA) is 57.8 Å². The van der Waals surface area contributed by atoms with Crippen molar-refractivity contribution in [3.63, 3.8) is 0 Å². The molecule has 1 N–H and O–H groups in total. The van der Waals surface area contributed by atoms with Gasteiger partial charge in [-0.05, 0) is 42.5 Å². The predicted octanol–water partition coefficient (Wildman–Crippen LogP) is 5.87. The SMILES string of the molecule is O=c1c2ccccc2c(C=NN(c2ccccc2)c2ccccc2)c(O)n1-c1ccccc1. The quantitative estimate of drug-likeness (QED) is 0.280. The zero-order valence-corrected chi connectivity index (χ0v) is 17.7. The number of aromatic hydroxyl groups is 1. The molecule has 0 aliphatic carbocycles. The van der Waals surface area contributed by atoms with Gasteiger partial charge in [-0.25, -0.2) is 9.58 Å². The summed E-state index contributed by atoms with van der Waals surface area (Å²) in [5.74, 6) is -0.158. The Morgan fingerprint density at radius 3 is 1.73 bits per heavy atom. The number of hydrogen-bond donors (Lipinski definition) is 1. The van der Waals surface area contributed by atoms with Gasteiger partial charge in [-0.2, -0.15) is 5.10 Å². The number of aromatic nitrogens is 1. The first kappa shape index (κ1) is 20.3. The molecule has 1 aromatic heterocycles. The van der Waals surface area contributed by atoms with E-state index in [-0.39, 0.29) is 11.4 Å². The van der Waals surface area contributed by atoms with Crippen LogP contribution in [0.5, 0.6) is 5.88 Å². The minimum Gasteiger partial charge on any atom is -0.494 e. The van der Waals surface area contributed by atoms with Crippen LogP contribution in [0.3, 0.4) is 0 Å². The summed E-state index contributed by atoms with van der Waals surface area (Å²) in [6.45, 7) is 0. The van der Waals surface area contributed by atoms with Crippen LogP contribution in [0.2, 0.25) is 0 Å². The van der Waals surface area contributed by atoms with Crippen molar-refractivity contribution in [3.05, 3.63) is 131 Å². The number of nitrogens with zero attached hydrogens (tertiary/aromatic N) is 3. The Bertz CT molecular complexity index is 1440. The molecule has 5 aromatic rings. The number of pyridine rings is 1. The van der Waals surface area contributed by atoms with Crippen molar-refractivity contribution in [2.45, 2.75) is 0 Å². The van der Waals surface area contributed by atoms with Crippen molar-refractivity contribution in [2.75, 3.05) is 5.01 Å². The summed E-state index contributed by atoms with van der Waals surface area (Å²) >= 11 is 0. The van der Waals surface area contributed by atoms with E-state index in [1.807, 2.05) is 97.1 Å². The molecule has 1 heterocycles. The van der Waals surface area contributed by atoms with Gasteiger partial charge in [-0.1, -0.05) is 72.8 Å². The molecular weight excluding hydrogens is 410 g/mol. The highest BCUT2D eigenvalue weighted by atomic mass is 16.3. The second kappa shape index (κ2) is 8.85. The molecule has 0 spiro atoms. The molecule has 0 saturated carbocycles. The molecule has 0 aliphatic heterocycles. The standard InChI is InChI=1S/C28H21N3O2/c32-27-25-19-11-10-18-24(25)26(28(33)30(27)21-12-4-1-5-13-21)20-29-31(22-14-6-2-7-15-22)23-16-8-3-9-17-23/h1-20,33H. The lowest BCUT2D eigenvalue weighted by molar-refractivity contribution is 0.436. The largest absolute Gasteiger partial charge is 0.494 e. The molecule has 5 heteroatoms. The Balaban J connectivity index is 1.72. The summed E-state index contributed by atoms with van der Waals surface area (Å²) in [6, 6.07) is 35.9. The van der Waals surface area contributed by atoms with E-state index in [2.05, 4.69) is 0 Å². The second-order valence-corrected chi connectivity index (χ2v) is 7.49. The van der Waals surface area contributed by atoms with E-state index < -0.39 is 0 Å². The summed E-state index contributed by atoms with van der Waals surface area (Å²) in [5.41, 5.74) is 2.52. The van der Waals surface area contributed by atoms with Crippen LogP contribution in [-0.2, 0) is 0 Å². The first-order chi connectivity index (χ1) is 16.2. The Hall–Kier alpha value is -4.64. The second-order valence-electron chi connectivity index (χ2n) is 7.49. The van der Waals surface area contributed by atoms with E-state index in [4.69, 9.17) is 5.10 Å². The molecule has 0 bridgehead atoms. The lowest BCUT2D eigenvalue weighted by atomic mass is 10.1. The minimum absolute atomic E-state index is 0.158. The zero-order valence-electron chi connectivity index (χ0n) is 17.7. The Labute approximate surface area is 191 Å². The van der Waals surface area contributed by atoms with Gasteiger partial charge in [0.1, 0.15) is 0 Å². The molecule has 0 atom stereocenters. The third-order valence-corrected chi connectivity index (χ3v) is 5.42. The molecule has 0 radical (unpaired) electrons. The van der Waals surface area contributed by atoms with Gasteiger partial charge in [0, 0.05) is 10.8 Å². The van der Waals surface area contributed by atoms with Gasteiger partial charge in [-0.3, -0.25) is 4.79 Å². The van der Waals surface area contributed by atoms with Crippen LogP contribution in [0.4, 0.5) is 11.4 Å². The molecule has 0 amide bonds. The number of hydrazone groups is 1. The van der Waals surface area contributed by atoms with Gasteiger partial charge in [0.2, 0.25) is 5.88 Å². The van der Waals surface area contributed by atoms with Crippen molar-refractivity contribution < 1.29 is 5.11 Å². The van der Waals surface area contributed by atoms with E-state index in [1.165, 1.54) is 4.57 Å². The molecule has 0 saturated heterocycles. The molecule has 5 rings (SSSR count). The molecule has 0 aliphatic rings. The van der Waals surface area contributed by atoms with Crippen molar-refractivity contribution in [3.8, 4) is 11.6 Å². The highest BCUT2D eigenvalue weighted by molar-refractivity contribution is 6.02. The third-order valence-electron chi connectivity index (χ3n) is 5.42. The summed E-state index contributed by atoms with van der Waals surface area (Å²) in [4.78, 5) is 13.2. The fraction of sp³-hybridized carbons (Fsp3) is 0. The monoisotopic (exact) mass is 431 g/mol. The summed E-state index contributed by atoms with van der Waals surface area (Å²) in [7, 11) is 0. The van der Waals surface area contributed by atoms with Crippen molar-refractivity contribution >= 4 is 28.4 Å². The number of fused-ring (bicyclic) bond motifs is 1. The number of para-hydroxylation sites is 3. The van der Waals surface area contributed by atoms with Gasteiger partial charge in [0.05, 0.1) is 28.8 Å². The van der Waals surface area contributed by atoms with Crippen molar-refractivity contribution in [1.29, 1.82) is 0 Å². The van der Waals surface area contributed by atoms with Gasteiger partial charge in [-0.15, -0.1) is 0 Å². The molecule has 4 aromatic carbocycles. The summed E-state index contributed by atoms with van der Waals surface area (Å²) in [5, 5.41) is 18.9. The van der Waals surface area contributed by atoms with Crippen molar-refractivity contribution in [1.82, 2.24) is 4.57 Å². The molecule has 0 unspecified atom stereocenters. The van der Waals surface area contributed by atoms with Crippen LogP contribution in [-0.4, -0.2) is 15.9 Å². The van der Waals surface area contributed by atoms with Gasteiger partial charge in [0.25, 0.3) is 5.56 Å². The Kier molecular flexibility index (Phi) is 5.43. The van der Waals surface area contributed by atoms with E-state index in [0.29, 0.717) is 22.0 Å². The Morgan fingerprint density at radius 1 is 0.667 bits per heavy atom. The van der Waals surface area contributed by atoms with Crippen LogP contribution in [0.1, 0.15) is 5.56 Å². The van der Waals surface area contributed by atoms with Crippen LogP contribution in [0.25, 0.3) is 16.5 Å². The lowest BCUT2D eigenvalue weighted by Crippen LogP contribution is -2.20. The maximum Gasteiger partial charge on any atom is 0.265 e. The predicted molar refractivity (Wildman–Crippen MR) is 134 cm³/mol. The molecule has 160 valence electrons. The van der Waals surface area contributed by atoms with E-state index in [1.54, 1.807) is 29.4 Å². The van der Waals surface area contributed by atoms with E-state index in [0.717, 1.165) is 11.4 Å². The average molecular weight is 431 g/mol. The number of benzene rings is 4. The maximum atomic E-state index is 13.2. The average Bonchev–Trinajstić information content (AvgIpc) is 2.88. The number of hydrogen-bond acceptors (Lipinski definition) is 4. The molecule has 33 heavy (non-hydrogen) atoms. The van der Waals surface area contributed by atoms with Gasteiger partial charge < -0.3 is 5.11 Å².